The van der Waals surface area contributed by atoms with Crippen molar-refractivity contribution in [2.45, 2.75) is 20.8 Å². The van der Waals surface area contributed by atoms with Gasteiger partial charge in [0.05, 0.1) is 12.1 Å². The molecular formula is C14H22N4O2. The molecule has 0 atom stereocenters. The van der Waals surface area contributed by atoms with Crippen molar-refractivity contribution in [3.05, 3.63) is 23.9 Å². The molecule has 0 aliphatic rings. The highest BCUT2D eigenvalue weighted by atomic mass is 16.2. The first-order valence-corrected chi connectivity index (χ1v) is 6.77. The SMILES string of the molecule is CCNc1ccc(C(=O)NCC(=O)NCC(C)C)cn1. The van der Waals surface area contributed by atoms with E-state index in [0.717, 1.165) is 12.4 Å². The van der Waals surface area contributed by atoms with Crippen molar-refractivity contribution >= 4 is 17.6 Å². The molecule has 6 nitrogen and oxygen atoms in total. The van der Waals surface area contributed by atoms with Crippen molar-refractivity contribution < 1.29 is 9.59 Å². The van der Waals surface area contributed by atoms with Crippen LogP contribution in [-0.4, -0.2) is 36.4 Å². The summed E-state index contributed by atoms with van der Waals surface area (Å²) in [6, 6.07) is 3.41. The van der Waals surface area contributed by atoms with E-state index >= 15 is 0 Å². The van der Waals surface area contributed by atoms with Gasteiger partial charge in [-0.05, 0) is 25.0 Å². The van der Waals surface area contributed by atoms with Crippen molar-refractivity contribution in [3.63, 3.8) is 0 Å². The number of nitrogens with zero attached hydrogens (tertiary/aromatic N) is 1. The Kier molecular flexibility index (Phi) is 6.49. The van der Waals surface area contributed by atoms with Crippen LogP contribution < -0.4 is 16.0 Å². The van der Waals surface area contributed by atoms with Crippen LogP contribution in [0.15, 0.2) is 18.3 Å². The predicted octanol–water partition coefficient (Wildman–Crippen LogP) is 1.02. The molecule has 1 aromatic heterocycles. The highest BCUT2D eigenvalue weighted by Crippen LogP contribution is 2.04. The summed E-state index contributed by atoms with van der Waals surface area (Å²) in [5, 5.41) is 8.34. The van der Waals surface area contributed by atoms with E-state index in [1.807, 2.05) is 20.8 Å². The molecule has 0 spiro atoms. The summed E-state index contributed by atoms with van der Waals surface area (Å²) in [5.74, 6) is 0.612. The molecule has 20 heavy (non-hydrogen) atoms. The Hall–Kier alpha value is -2.11. The molecule has 2 amide bonds. The Labute approximate surface area is 119 Å². The Morgan fingerprint density at radius 2 is 2.00 bits per heavy atom. The second kappa shape index (κ2) is 8.14. The third-order valence-corrected chi connectivity index (χ3v) is 2.50. The lowest BCUT2D eigenvalue weighted by Gasteiger charge is -2.09. The minimum atomic E-state index is -0.305. The van der Waals surface area contributed by atoms with Gasteiger partial charge in [0, 0.05) is 19.3 Å². The van der Waals surface area contributed by atoms with Crippen molar-refractivity contribution in [2.75, 3.05) is 25.0 Å². The third-order valence-electron chi connectivity index (χ3n) is 2.50. The second-order valence-corrected chi connectivity index (χ2v) is 4.84. The fraction of sp³-hybridized carbons (Fsp3) is 0.500. The van der Waals surface area contributed by atoms with E-state index in [2.05, 4.69) is 20.9 Å². The number of carbonyl (C=O) groups excluding carboxylic acids is 2. The molecule has 0 saturated heterocycles. The highest BCUT2D eigenvalue weighted by molar-refractivity contribution is 5.96. The van der Waals surface area contributed by atoms with Gasteiger partial charge in [-0.25, -0.2) is 4.98 Å². The van der Waals surface area contributed by atoms with Crippen LogP contribution in [0.4, 0.5) is 5.82 Å². The molecule has 0 radical (unpaired) electrons. The van der Waals surface area contributed by atoms with Crippen molar-refractivity contribution in [2.24, 2.45) is 5.92 Å². The average molecular weight is 278 g/mol. The number of nitrogens with one attached hydrogen (secondary N) is 3. The van der Waals surface area contributed by atoms with Crippen LogP contribution in [0.2, 0.25) is 0 Å². The van der Waals surface area contributed by atoms with Gasteiger partial charge >= 0.3 is 0 Å². The van der Waals surface area contributed by atoms with E-state index < -0.39 is 0 Å². The number of carbonyl (C=O) groups is 2. The predicted molar refractivity (Wildman–Crippen MR) is 78.6 cm³/mol. The molecule has 0 aliphatic heterocycles. The first-order chi connectivity index (χ1) is 9.52. The third kappa shape index (κ3) is 5.69. The van der Waals surface area contributed by atoms with E-state index in [4.69, 9.17) is 0 Å². The molecule has 0 saturated carbocycles. The molecule has 0 aromatic carbocycles. The molecule has 110 valence electrons. The first kappa shape index (κ1) is 15.9. The quantitative estimate of drug-likeness (QED) is 0.695. The lowest BCUT2D eigenvalue weighted by Crippen LogP contribution is -2.38. The van der Waals surface area contributed by atoms with Crippen molar-refractivity contribution in [1.29, 1.82) is 0 Å². The molecule has 1 heterocycles. The fourth-order valence-electron chi connectivity index (χ4n) is 1.46. The van der Waals surface area contributed by atoms with Gasteiger partial charge in [-0.3, -0.25) is 9.59 Å². The Morgan fingerprint density at radius 1 is 1.25 bits per heavy atom. The largest absolute Gasteiger partial charge is 0.370 e. The van der Waals surface area contributed by atoms with E-state index in [9.17, 15) is 9.59 Å². The van der Waals surface area contributed by atoms with Gasteiger partial charge in [0.25, 0.3) is 5.91 Å². The first-order valence-electron chi connectivity index (χ1n) is 6.77. The van der Waals surface area contributed by atoms with E-state index in [1.165, 1.54) is 6.20 Å². The zero-order valence-electron chi connectivity index (χ0n) is 12.2. The summed E-state index contributed by atoms with van der Waals surface area (Å²) in [7, 11) is 0. The minimum Gasteiger partial charge on any atom is -0.370 e. The second-order valence-electron chi connectivity index (χ2n) is 4.84. The van der Waals surface area contributed by atoms with Gasteiger partial charge in [0.15, 0.2) is 0 Å². The summed E-state index contributed by atoms with van der Waals surface area (Å²) in [6.45, 7) is 7.34. The van der Waals surface area contributed by atoms with Gasteiger partial charge in [-0.1, -0.05) is 13.8 Å². The number of anilines is 1. The minimum absolute atomic E-state index is 0.0273. The Balaban J connectivity index is 2.40. The maximum atomic E-state index is 11.8. The highest BCUT2D eigenvalue weighted by Gasteiger charge is 2.08. The maximum Gasteiger partial charge on any atom is 0.253 e. The standard InChI is InChI=1S/C14H22N4O2/c1-4-15-12-6-5-11(8-16-12)14(20)18-9-13(19)17-7-10(2)3/h5-6,8,10H,4,7,9H2,1-3H3,(H,15,16)(H,17,19)(H,18,20). The number of amides is 2. The number of rotatable bonds is 7. The summed E-state index contributed by atoms with van der Waals surface area (Å²) < 4.78 is 0. The zero-order chi connectivity index (χ0) is 15.0. The molecule has 6 heteroatoms. The number of aromatic nitrogens is 1. The molecule has 3 N–H and O–H groups in total. The van der Waals surface area contributed by atoms with Crippen LogP contribution in [-0.2, 0) is 4.79 Å². The van der Waals surface area contributed by atoms with Gasteiger partial charge in [-0.2, -0.15) is 0 Å². The number of pyridine rings is 1. The van der Waals surface area contributed by atoms with Crippen LogP contribution in [0.1, 0.15) is 31.1 Å². The van der Waals surface area contributed by atoms with Crippen LogP contribution in [0, 0.1) is 5.92 Å². The van der Waals surface area contributed by atoms with Crippen molar-refractivity contribution in [1.82, 2.24) is 15.6 Å². The van der Waals surface area contributed by atoms with Crippen LogP contribution in [0.25, 0.3) is 0 Å². The van der Waals surface area contributed by atoms with Gasteiger partial charge in [0.1, 0.15) is 5.82 Å². The Morgan fingerprint density at radius 3 is 2.55 bits per heavy atom. The lowest BCUT2D eigenvalue weighted by molar-refractivity contribution is -0.120. The van der Waals surface area contributed by atoms with Gasteiger partial charge < -0.3 is 16.0 Å². The topological polar surface area (TPSA) is 83.1 Å². The van der Waals surface area contributed by atoms with Gasteiger partial charge in [0.2, 0.25) is 5.91 Å². The van der Waals surface area contributed by atoms with Gasteiger partial charge in [-0.15, -0.1) is 0 Å². The fourth-order valence-corrected chi connectivity index (χ4v) is 1.46. The van der Waals surface area contributed by atoms with Crippen LogP contribution in [0.3, 0.4) is 0 Å². The van der Waals surface area contributed by atoms with E-state index in [0.29, 0.717) is 18.0 Å². The average Bonchev–Trinajstić information content (AvgIpc) is 2.43. The molecular weight excluding hydrogens is 256 g/mol. The summed E-state index contributed by atoms with van der Waals surface area (Å²) in [5.41, 5.74) is 0.434. The van der Waals surface area contributed by atoms with Crippen LogP contribution in [0.5, 0.6) is 0 Å². The Bertz CT molecular complexity index is 443. The zero-order valence-corrected chi connectivity index (χ0v) is 12.2. The molecule has 1 rings (SSSR count). The number of hydrogen-bond donors (Lipinski definition) is 3. The molecule has 1 aromatic rings. The van der Waals surface area contributed by atoms with E-state index in [1.54, 1.807) is 12.1 Å². The molecule has 0 aliphatic carbocycles. The molecule has 0 bridgehead atoms. The monoisotopic (exact) mass is 278 g/mol. The van der Waals surface area contributed by atoms with Crippen molar-refractivity contribution in [3.8, 4) is 0 Å². The summed E-state index contributed by atoms with van der Waals surface area (Å²) in [6.07, 6.45) is 1.49. The summed E-state index contributed by atoms with van der Waals surface area (Å²) in [4.78, 5) is 27.4. The van der Waals surface area contributed by atoms with E-state index in [-0.39, 0.29) is 18.4 Å². The normalized spacial score (nSPS) is 10.2. The summed E-state index contributed by atoms with van der Waals surface area (Å²) >= 11 is 0. The molecule has 0 fully saturated rings. The lowest BCUT2D eigenvalue weighted by atomic mass is 10.2. The molecule has 0 unspecified atom stereocenters. The van der Waals surface area contributed by atoms with Crippen LogP contribution >= 0.6 is 0 Å². The smallest absolute Gasteiger partial charge is 0.253 e. The maximum absolute atomic E-state index is 11.8. The number of hydrogen-bond acceptors (Lipinski definition) is 4.